The minimum Gasteiger partial charge on any atom is -0.456 e. The molecule has 4 heteroatoms. The van der Waals surface area contributed by atoms with Crippen molar-refractivity contribution in [2.75, 3.05) is 0 Å². The highest BCUT2D eigenvalue weighted by Crippen LogP contribution is 2.35. The van der Waals surface area contributed by atoms with Gasteiger partial charge in [0.15, 0.2) is 0 Å². The molecule has 0 saturated carbocycles. The molecule has 0 atom stereocenters. The first-order valence-corrected chi connectivity index (χ1v) is 15.8. The summed E-state index contributed by atoms with van der Waals surface area (Å²) in [5, 5.41) is 2.02. The van der Waals surface area contributed by atoms with Crippen LogP contribution in [0.15, 0.2) is 176 Å². The number of para-hydroxylation sites is 1. The van der Waals surface area contributed by atoms with E-state index in [1.165, 1.54) is 0 Å². The maximum Gasteiger partial charge on any atom is 0.200 e. The van der Waals surface area contributed by atoms with Crippen molar-refractivity contribution in [3.05, 3.63) is 178 Å². The van der Waals surface area contributed by atoms with Crippen LogP contribution in [-0.4, -0.2) is 0 Å². The second-order valence-electron chi connectivity index (χ2n) is 12.0. The Kier molecular flexibility index (Phi) is 6.41. The third-order valence-corrected chi connectivity index (χ3v) is 9.06. The Morgan fingerprint density at radius 1 is 0.271 bits per heavy atom. The molecular formula is C44H26O4. The summed E-state index contributed by atoms with van der Waals surface area (Å²) in [6.07, 6.45) is 0. The van der Waals surface area contributed by atoms with Crippen LogP contribution in [-0.2, 0) is 0 Å². The number of fused-ring (bicyclic) bond motifs is 4. The fourth-order valence-corrected chi connectivity index (χ4v) is 6.59. The van der Waals surface area contributed by atoms with E-state index < -0.39 is 0 Å². The molecule has 2 heterocycles. The van der Waals surface area contributed by atoms with Gasteiger partial charge in [0.25, 0.3) is 0 Å². The average molecular weight is 619 g/mol. The van der Waals surface area contributed by atoms with Gasteiger partial charge in [-0.05, 0) is 111 Å². The van der Waals surface area contributed by atoms with Gasteiger partial charge in [0.1, 0.15) is 22.3 Å². The number of hydrogen-bond donors (Lipinski definition) is 0. The minimum absolute atomic E-state index is 0.0840. The third kappa shape index (κ3) is 4.70. The van der Waals surface area contributed by atoms with Crippen molar-refractivity contribution in [2.45, 2.75) is 0 Å². The minimum atomic E-state index is -0.108. The van der Waals surface area contributed by atoms with Crippen molar-refractivity contribution in [3.63, 3.8) is 0 Å². The van der Waals surface area contributed by atoms with Crippen LogP contribution in [0.4, 0.5) is 0 Å². The molecule has 48 heavy (non-hydrogen) atoms. The maximum absolute atomic E-state index is 14.1. The Hall–Kier alpha value is -6.52. The van der Waals surface area contributed by atoms with E-state index in [-0.39, 0.29) is 10.9 Å². The average Bonchev–Trinajstić information content (AvgIpc) is 3.15. The van der Waals surface area contributed by atoms with Crippen LogP contribution in [0, 0.1) is 0 Å². The first kappa shape index (κ1) is 27.8. The van der Waals surface area contributed by atoms with Gasteiger partial charge in [-0.2, -0.15) is 0 Å². The normalized spacial score (nSPS) is 11.5. The lowest BCUT2D eigenvalue weighted by atomic mass is 9.93. The standard InChI is InChI=1S/C44H26O4/c45-43-35-13-7-8-14-39(35)47-40-18-15-29(24-36(40)43)30-16-19-41-37(25-30)44(46)38-26-31(17-20-42(38)48-41)34-22-32(27-9-3-1-4-10-27)21-33(23-34)28-11-5-2-6-12-28/h1-26H. The summed E-state index contributed by atoms with van der Waals surface area (Å²) in [6.45, 7) is 0. The smallest absolute Gasteiger partial charge is 0.200 e. The van der Waals surface area contributed by atoms with Crippen LogP contribution in [0.25, 0.3) is 88.4 Å². The first-order chi connectivity index (χ1) is 23.6. The van der Waals surface area contributed by atoms with E-state index in [4.69, 9.17) is 8.83 Å². The molecule has 0 spiro atoms. The monoisotopic (exact) mass is 618 g/mol. The third-order valence-electron chi connectivity index (χ3n) is 9.06. The molecule has 7 aromatic carbocycles. The van der Waals surface area contributed by atoms with E-state index in [1.807, 2.05) is 103 Å². The summed E-state index contributed by atoms with van der Waals surface area (Å²) in [5.74, 6) is 0. The molecular weight excluding hydrogens is 592 g/mol. The van der Waals surface area contributed by atoms with Crippen molar-refractivity contribution in [1.82, 2.24) is 0 Å². The lowest BCUT2D eigenvalue weighted by molar-refractivity contribution is 0.659. The zero-order valence-electron chi connectivity index (χ0n) is 25.6. The van der Waals surface area contributed by atoms with Gasteiger partial charge >= 0.3 is 0 Å². The summed E-state index contributed by atoms with van der Waals surface area (Å²) in [7, 11) is 0. The SMILES string of the molecule is O=c1c2ccccc2oc2ccc(-c3ccc4oc5ccc(-c6cc(-c7ccccc7)cc(-c7ccccc7)c6)cc5c(=O)c4c3)cc12. The molecule has 0 saturated heterocycles. The summed E-state index contributed by atoms with van der Waals surface area (Å²) >= 11 is 0. The largest absolute Gasteiger partial charge is 0.456 e. The van der Waals surface area contributed by atoms with Crippen LogP contribution in [0.3, 0.4) is 0 Å². The number of hydrogen-bond acceptors (Lipinski definition) is 4. The zero-order valence-corrected chi connectivity index (χ0v) is 25.6. The molecule has 2 aromatic heterocycles. The fraction of sp³-hybridized carbons (Fsp3) is 0. The quantitative estimate of drug-likeness (QED) is 0.184. The van der Waals surface area contributed by atoms with Gasteiger partial charge in [0, 0.05) is 0 Å². The summed E-state index contributed by atoms with van der Waals surface area (Å²) in [6, 6.07) is 51.4. The van der Waals surface area contributed by atoms with Gasteiger partial charge in [-0.15, -0.1) is 0 Å². The van der Waals surface area contributed by atoms with E-state index in [0.717, 1.165) is 44.5 Å². The Morgan fingerprint density at radius 2 is 0.625 bits per heavy atom. The van der Waals surface area contributed by atoms with Gasteiger partial charge in [-0.3, -0.25) is 9.59 Å². The highest BCUT2D eigenvalue weighted by atomic mass is 16.3. The summed E-state index contributed by atoms with van der Waals surface area (Å²) in [4.78, 5) is 27.4. The van der Waals surface area contributed by atoms with Gasteiger partial charge in [0.2, 0.25) is 10.9 Å². The first-order valence-electron chi connectivity index (χ1n) is 15.8. The molecule has 0 amide bonds. The lowest BCUT2D eigenvalue weighted by Gasteiger charge is -2.12. The van der Waals surface area contributed by atoms with Crippen molar-refractivity contribution < 1.29 is 8.83 Å². The maximum atomic E-state index is 14.1. The molecule has 0 aliphatic heterocycles. The van der Waals surface area contributed by atoms with Gasteiger partial charge in [0.05, 0.1) is 21.5 Å². The highest BCUT2D eigenvalue weighted by molar-refractivity contribution is 5.96. The molecule has 226 valence electrons. The van der Waals surface area contributed by atoms with Crippen LogP contribution in [0.5, 0.6) is 0 Å². The van der Waals surface area contributed by atoms with Gasteiger partial charge in [-0.1, -0.05) is 91.0 Å². The molecule has 9 aromatic rings. The Labute approximate surface area is 274 Å². The van der Waals surface area contributed by atoms with Gasteiger partial charge < -0.3 is 8.83 Å². The molecule has 0 unspecified atom stereocenters. The molecule has 0 bridgehead atoms. The van der Waals surface area contributed by atoms with Gasteiger partial charge in [-0.25, -0.2) is 0 Å². The van der Waals surface area contributed by atoms with Crippen molar-refractivity contribution in [1.29, 1.82) is 0 Å². The number of rotatable bonds is 4. The Balaban J connectivity index is 1.18. The van der Waals surface area contributed by atoms with Crippen LogP contribution < -0.4 is 10.9 Å². The predicted octanol–water partition coefficient (Wildman–Crippen LogP) is 10.9. The second-order valence-corrected chi connectivity index (χ2v) is 12.0. The van der Waals surface area contributed by atoms with E-state index in [2.05, 4.69) is 42.5 Å². The molecule has 0 N–H and O–H groups in total. The van der Waals surface area contributed by atoms with E-state index in [0.29, 0.717) is 43.9 Å². The van der Waals surface area contributed by atoms with E-state index in [9.17, 15) is 9.59 Å². The van der Waals surface area contributed by atoms with Crippen LogP contribution in [0.2, 0.25) is 0 Å². The molecule has 0 aliphatic carbocycles. The highest BCUT2D eigenvalue weighted by Gasteiger charge is 2.14. The van der Waals surface area contributed by atoms with E-state index in [1.54, 1.807) is 12.1 Å². The van der Waals surface area contributed by atoms with Crippen molar-refractivity contribution in [3.8, 4) is 44.5 Å². The van der Waals surface area contributed by atoms with Crippen molar-refractivity contribution >= 4 is 43.9 Å². The van der Waals surface area contributed by atoms with Crippen molar-refractivity contribution in [2.24, 2.45) is 0 Å². The van der Waals surface area contributed by atoms with E-state index >= 15 is 0 Å². The summed E-state index contributed by atoms with van der Waals surface area (Å²) in [5.41, 5.74) is 9.91. The van der Waals surface area contributed by atoms with Crippen LogP contribution >= 0.6 is 0 Å². The molecule has 0 radical (unpaired) electrons. The topological polar surface area (TPSA) is 60.4 Å². The molecule has 4 nitrogen and oxygen atoms in total. The second kappa shape index (κ2) is 11.1. The molecule has 0 fully saturated rings. The molecule has 9 rings (SSSR count). The predicted molar refractivity (Wildman–Crippen MR) is 195 cm³/mol. The summed E-state index contributed by atoms with van der Waals surface area (Å²) < 4.78 is 12.3. The lowest BCUT2D eigenvalue weighted by Crippen LogP contribution is -2.03. The fourth-order valence-electron chi connectivity index (χ4n) is 6.59. The van der Waals surface area contributed by atoms with Crippen LogP contribution in [0.1, 0.15) is 0 Å². The Bertz CT molecular complexity index is 2750. The molecule has 0 aliphatic rings. The Morgan fingerprint density at radius 3 is 1.10 bits per heavy atom. The number of benzene rings is 7. The zero-order chi connectivity index (χ0) is 32.2.